The molecular formula is C19H26N2O3. The van der Waals surface area contributed by atoms with Crippen molar-refractivity contribution in [3.8, 4) is 0 Å². The van der Waals surface area contributed by atoms with Crippen molar-refractivity contribution in [1.29, 1.82) is 0 Å². The van der Waals surface area contributed by atoms with E-state index in [1.807, 2.05) is 0 Å². The van der Waals surface area contributed by atoms with Gasteiger partial charge in [-0.2, -0.15) is 0 Å². The first kappa shape index (κ1) is 15.7. The molecule has 0 saturated heterocycles. The summed E-state index contributed by atoms with van der Waals surface area (Å²) in [5, 5.41) is 5.60. The minimum Gasteiger partial charge on any atom is -0.467 e. The summed E-state index contributed by atoms with van der Waals surface area (Å²) in [7, 11) is 0. The maximum Gasteiger partial charge on any atom is 0.309 e. The van der Waals surface area contributed by atoms with Crippen molar-refractivity contribution in [2.45, 2.75) is 58.0 Å². The van der Waals surface area contributed by atoms with Gasteiger partial charge in [0.2, 0.25) is 0 Å². The van der Waals surface area contributed by atoms with Crippen molar-refractivity contribution in [2.75, 3.05) is 0 Å². The van der Waals surface area contributed by atoms with E-state index in [-0.39, 0.29) is 18.0 Å². The lowest BCUT2D eigenvalue weighted by Crippen LogP contribution is -2.57. The lowest BCUT2D eigenvalue weighted by molar-refractivity contribution is -0.141. The molecule has 1 atom stereocenters. The van der Waals surface area contributed by atoms with E-state index in [0.717, 1.165) is 17.8 Å². The van der Waals surface area contributed by atoms with Gasteiger partial charge in [-0.3, -0.25) is 9.59 Å². The van der Waals surface area contributed by atoms with Crippen molar-refractivity contribution in [2.24, 2.45) is 23.2 Å². The molecule has 0 radical (unpaired) electrons. The van der Waals surface area contributed by atoms with Crippen LogP contribution in [0.15, 0.2) is 22.8 Å². The van der Waals surface area contributed by atoms with Crippen LogP contribution in [-0.4, -0.2) is 17.9 Å². The van der Waals surface area contributed by atoms with Gasteiger partial charge < -0.3 is 15.1 Å². The number of amides is 2. The van der Waals surface area contributed by atoms with Crippen molar-refractivity contribution in [3.05, 3.63) is 24.2 Å². The molecule has 4 aliphatic carbocycles. The van der Waals surface area contributed by atoms with Crippen LogP contribution in [0, 0.1) is 23.2 Å². The second-order valence-electron chi connectivity index (χ2n) is 8.24. The van der Waals surface area contributed by atoms with Gasteiger partial charge >= 0.3 is 11.8 Å². The van der Waals surface area contributed by atoms with Crippen molar-refractivity contribution >= 4 is 11.8 Å². The third-order valence-electron chi connectivity index (χ3n) is 6.56. The Morgan fingerprint density at radius 1 is 1.17 bits per heavy atom. The van der Waals surface area contributed by atoms with Crippen LogP contribution in [0.5, 0.6) is 0 Å². The van der Waals surface area contributed by atoms with E-state index in [9.17, 15) is 9.59 Å². The van der Waals surface area contributed by atoms with Crippen molar-refractivity contribution < 1.29 is 14.0 Å². The standard InChI is InChI=1S/C19H26N2O3/c1-12(19-8-13-5-14(9-19)7-15(6-13)10-19)21-18(23)17(22)20-11-16-3-2-4-24-16/h2-4,12-15H,5-11H2,1H3,(H,20,22)(H,21,23). The van der Waals surface area contributed by atoms with E-state index in [1.54, 1.807) is 18.4 Å². The van der Waals surface area contributed by atoms with Crippen LogP contribution in [0.25, 0.3) is 0 Å². The monoisotopic (exact) mass is 330 g/mol. The molecule has 0 spiro atoms. The number of carbonyl (C=O) groups is 2. The highest BCUT2D eigenvalue weighted by atomic mass is 16.3. The van der Waals surface area contributed by atoms with Gasteiger partial charge in [-0.15, -0.1) is 0 Å². The largest absolute Gasteiger partial charge is 0.467 e. The first-order valence-corrected chi connectivity index (χ1v) is 9.15. The Labute approximate surface area is 142 Å². The number of nitrogens with one attached hydrogen (secondary N) is 2. The van der Waals surface area contributed by atoms with Crippen LogP contribution in [-0.2, 0) is 16.1 Å². The summed E-state index contributed by atoms with van der Waals surface area (Å²) in [5.74, 6) is 2.05. The number of carbonyl (C=O) groups excluding carboxylic acids is 2. The highest BCUT2D eigenvalue weighted by Crippen LogP contribution is 2.61. The van der Waals surface area contributed by atoms with Crippen LogP contribution in [0.2, 0.25) is 0 Å². The minimum atomic E-state index is -0.581. The van der Waals surface area contributed by atoms with Gasteiger partial charge in [-0.1, -0.05) is 0 Å². The predicted octanol–water partition coefficient (Wildman–Crippen LogP) is 2.62. The lowest BCUT2D eigenvalue weighted by atomic mass is 9.48. The molecule has 0 aromatic carbocycles. The molecule has 24 heavy (non-hydrogen) atoms. The van der Waals surface area contributed by atoms with Gasteiger partial charge in [-0.25, -0.2) is 0 Å². The number of furan rings is 1. The molecule has 0 aliphatic heterocycles. The zero-order valence-corrected chi connectivity index (χ0v) is 14.2. The first-order valence-electron chi connectivity index (χ1n) is 9.15. The minimum absolute atomic E-state index is 0.0627. The third-order valence-corrected chi connectivity index (χ3v) is 6.56. The second kappa shape index (κ2) is 5.94. The second-order valence-corrected chi connectivity index (χ2v) is 8.24. The summed E-state index contributed by atoms with van der Waals surface area (Å²) in [6.45, 7) is 2.33. The van der Waals surface area contributed by atoms with Crippen LogP contribution in [0.4, 0.5) is 0 Å². The highest BCUT2D eigenvalue weighted by Gasteiger charge is 2.53. The lowest BCUT2D eigenvalue weighted by Gasteiger charge is -2.59. The molecule has 130 valence electrons. The fourth-order valence-electron chi connectivity index (χ4n) is 5.78. The first-order chi connectivity index (χ1) is 11.5. The Hall–Kier alpha value is -1.78. The quantitative estimate of drug-likeness (QED) is 0.834. The van der Waals surface area contributed by atoms with Gasteiger partial charge in [0.1, 0.15) is 5.76 Å². The van der Waals surface area contributed by atoms with Crippen molar-refractivity contribution in [3.63, 3.8) is 0 Å². The van der Waals surface area contributed by atoms with Crippen LogP contribution in [0.1, 0.15) is 51.2 Å². The zero-order chi connectivity index (χ0) is 16.7. The molecule has 4 saturated carbocycles. The van der Waals surface area contributed by atoms with E-state index in [1.165, 1.54) is 38.5 Å². The van der Waals surface area contributed by atoms with Crippen molar-refractivity contribution in [1.82, 2.24) is 10.6 Å². The zero-order valence-electron chi connectivity index (χ0n) is 14.2. The Morgan fingerprint density at radius 2 is 1.79 bits per heavy atom. The molecule has 1 aromatic heterocycles. The summed E-state index contributed by atoms with van der Waals surface area (Å²) in [5.41, 5.74) is 0.214. The SMILES string of the molecule is CC(NC(=O)C(=O)NCc1ccco1)C12CC3CC(CC(C3)C1)C2. The molecule has 4 fully saturated rings. The molecule has 4 aliphatic rings. The Kier molecular flexibility index (Phi) is 3.89. The maximum absolute atomic E-state index is 12.3. The number of hydrogen-bond acceptors (Lipinski definition) is 3. The third kappa shape index (κ3) is 2.85. The summed E-state index contributed by atoms with van der Waals surface area (Å²) in [6, 6.07) is 3.60. The van der Waals surface area contributed by atoms with Crippen LogP contribution >= 0.6 is 0 Å². The summed E-state index contributed by atoms with van der Waals surface area (Å²) in [4.78, 5) is 24.3. The smallest absolute Gasteiger partial charge is 0.309 e. The van der Waals surface area contributed by atoms with Gasteiger partial charge in [0.25, 0.3) is 0 Å². The fraction of sp³-hybridized carbons (Fsp3) is 0.684. The molecule has 5 heteroatoms. The van der Waals surface area contributed by atoms with E-state index < -0.39 is 11.8 Å². The fourth-order valence-corrected chi connectivity index (χ4v) is 5.78. The molecule has 2 amide bonds. The molecular weight excluding hydrogens is 304 g/mol. The molecule has 5 nitrogen and oxygen atoms in total. The molecule has 1 unspecified atom stereocenters. The molecule has 1 heterocycles. The van der Waals surface area contributed by atoms with Gasteiger partial charge in [-0.05, 0) is 80.8 Å². The predicted molar refractivity (Wildman–Crippen MR) is 88.8 cm³/mol. The van der Waals surface area contributed by atoms with Crippen LogP contribution in [0.3, 0.4) is 0 Å². The average molecular weight is 330 g/mol. The Morgan fingerprint density at radius 3 is 2.33 bits per heavy atom. The molecule has 4 bridgehead atoms. The normalized spacial score (nSPS) is 34.8. The van der Waals surface area contributed by atoms with E-state index in [4.69, 9.17) is 4.42 Å². The Balaban J connectivity index is 1.34. The summed E-state index contributed by atoms with van der Waals surface area (Å²) >= 11 is 0. The molecule has 1 aromatic rings. The number of rotatable bonds is 4. The van der Waals surface area contributed by atoms with Gasteiger partial charge in [0.05, 0.1) is 12.8 Å². The molecule has 2 N–H and O–H groups in total. The van der Waals surface area contributed by atoms with E-state index >= 15 is 0 Å². The Bertz CT molecular complexity index is 587. The average Bonchev–Trinajstić information content (AvgIpc) is 3.04. The van der Waals surface area contributed by atoms with E-state index in [2.05, 4.69) is 17.6 Å². The van der Waals surface area contributed by atoms with Crippen LogP contribution < -0.4 is 10.6 Å². The number of hydrogen-bond donors (Lipinski definition) is 2. The van der Waals surface area contributed by atoms with Gasteiger partial charge in [0.15, 0.2) is 0 Å². The topological polar surface area (TPSA) is 71.3 Å². The van der Waals surface area contributed by atoms with Gasteiger partial charge in [0, 0.05) is 6.04 Å². The highest BCUT2D eigenvalue weighted by molar-refractivity contribution is 6.35. The van der Waals surface area contributed by atoms with E-state index in [0.29, 0.717) is 5.76 Å². The maximum atomic E-state index is 12.3. The summed E-state index contributed by atoms with van der Waals surface area (Å²) in [6.07, 6.45) is 9.34. The summed E-state index contributed by atoms with van der Waals surface area (Å²) < 4.78 is 5.16. The molecule has 5 rings (SSSR count).